The van der Waals surface area contributed by atoms with E-state index in [4.69, 9.17) is 47.4 Å². The summed E-state index contributed by atoms with van der Waals surface area (Å²) in [5.74, 6) is -10.1. The second kappa shape index (κ2) is 22.7. The maximum absolute atomic E-state index is 13.8. The number of esters is 10. The Balaban J connectivity index is 2.12. The molecular formula is C42H48O20. The number of carbonyl (C=O) groups excluding carboxylic acids is 10. The molecule has 0 fully saturated rings. The number of ether oxygens (including phenoxy) is 10. The molecule has 5 atom stereocenters. The number of hydrogen-bond donors (Lipinski definition) is 0. The molecule has 0 N–H and O–H groups in total. The molecule has 1 aliphatic rings. The van der Waals surface area contributed by atoms with E-state index in [9.17, 15) is 47.9 Å². The van der Waals surface area contributed by atoms with Crippen LogP contribution in [0.15, 0.2) is 24.3 Å². The van der Waals surface area contributed by atoms with Gasteiger partial charge in [-0.3, -0.25) is 38.4 Å². The smallest absolute Gasteiger partial charge is 0.342 e. The average Bonchev–Trinajstić information content (AvgIpc) is 3.08. The van der Waals surface area contributed by atoms with Crippen molar-refractivity contribution in [3.63, 3.8) is 0 Å². The summed E-state index contributed by atoms with van der Waals surface area (Å²) >= 11 is 0. The van der Waals surface area contributed by atoms with Crippen molar-refractivity contribution in [2.45, 2.75) is 125 Å². The minimum Gasteiger partial charge on any atom is -0.462 e. The standard InChI is InChI=1S/C42H48O20/c1-20-10-29-14-31(58-24(5)43)16-34(61-27(8)46)39(29)41(51)56-22(3)12-36(48)53-19-33(60-26(7)45)18-38(50)55-21(2)11-30-15-32(59-25(6)44)17-35(62-28(9)47)40(30)42(52)57-23(4)13-37(49)54-20/h14-17,20-23,33H,10-13,18-19H2,1-9H3/t20-,21-,22-,23-,33+/m1/s1. The van der Waals surface area contributed by atoms with Crippen LogP contribution in [0.5, 0.6) is 23.0 Å². The monoisotopic (exact) mass is 872 g/mol. The quantitative estimate of drug-likeness (QED) is 0.235. The Morgan fingerprint density at radius 3 is 1.23 bits per heavy atom. The van der Waals surface area contributed by atoms with Crippen LogP contribution in [-0.4, -0.2) is 96.8 Å². The predicted octanol–water partition coefficient (Wildman–Crippen LogP) is 3.79. The zero-order chi connectivity index (χ0) is 46.4. The topological polar surface area (TPSA) is 263 Å². The number of carbonyl (C=O) groups is 10. The van der Waals surface area contributed by atoms with Gasteiger partial charge in [0.2, 0.25) is 0 Å². The van der Waals surface area contributed by atoms with Crippen LogP contribution in [-0.2, 0) is 79.6 Å². The highest BCUT2D eigenvalue weighted by molar-refractivity contribution is 5.97. The summed E-state index contributed by atoms with van der Waals surface area (Å²) in [7, 11) is 0. The summed E-state index contributed by atoms with van der Waals surface area (Å²) in [5.41, 5.74) is -0.630. The second-order valence-electron chi connectivity index (χ2n) is 14.3. The van der Waals surface area contributed by atoms with Gasteiger partial charge in [0.15, 0.2) is 0 Å². The molecule has 0 aliphatic carbocycles. The summed E-state index contributed by atoms with van der Waals surface area (Å²) in [5, 5.41) is 0. The molecule has 1 aliphatic heterocycles. The van der Waals surface area contributed by atoms with E-state index < -0.39 is 116 Å². The molecule has 20 nitrogen and oxygen atoms in total. The fourth-order valence-corrected chi connectivity index (χ4v) is 6.08. The lowest BCUT2D eigenvalue weighted by molar-refractivity contribution is -0.164. The number of hydrogen-bond acceptors (Lipinski definition) is 20. The zero-order valence-electron chi connectivity index (χ0n) is 35.6. The molecule has 0 aromatic heterocycles. The number of rotatable bonds is 5. The van der Waals surface area contributed by atoms with Gasteiger partial charge < -0.3 is 47.4 Å². The molecule has 336 valence electrons. The summed E-state index contributed by atoms with van der Waals surface area (Å²) in [6.45, 7) is 10.4. The Bertz CT molecular complexity index is 2090. The Kier molecular flexibility index (Phi) is 18.1. The van der Waals surface area contributed by atoms with Crippen molar-refractivity contribution in [1.29, 1.82) is 0 Å². The van der Waals surface area contributed by atoms with Gasteiger partial charge >= 0.3 is 59.7 Å². The van der Waals surface area contributed by atoms with Gasteiger partial charge in [-0.2, -0.15) is 0 Å². The first-order valence-corrected chi connectivity index (χ1v) is 19.2. The Hall–Kier alpha value is -6.86. The van der Waals surface area contributed by atoms with Gasteiger partial charge in [0, 0.05) is 59.6 Å². The predicted molar refractivity (Wildman–Crippen MR) is 207 cm³/mol. The van der Waals surface area contributed by atoms with E-state index in [1.54, 1.807) is 0 Å². The first-order valence-electron chi connectivity index (χ1n) is 19.2. The van der Waals surface area contributed by atoms with Crippen molar-refractivity contribution in [3.05, 3.63) is 46.5 Å². The molecule has 0 spiro atoms. The number of fused-ring (bicyclic) bond motifs is 2. The molecule has 2 aromatic carbocycles. The maximum Gasteiger partial charge on any atom is 0.342 e. The van der Waals surface area contributed by atoms with E-state index in [0.29, 0.717) is 0 Å². The second-order valence-corrected chi connectivity index (χ2v) is 14.3. The average molecular weight is 873 g/mol. The van der Waals surface area contributed by atoms with Gasteiger partial charge in [0.05, 0.1) is 19.3 Å². The van der Waals surface area contributed by atoms with Gasteiger partial charge in [0.1, 0.15) is 71.3 Å². The van der Waals surface area contributed by atoms with Crippen LogP contribution in [0.2, 0.25) is 0 Å². The van der Waals surface area contributed by atoms with Gasteiger partial charge in [-0.15, -0.1) is 0 Å². The third kappa shape index (κ3) is 16.3. The molecule has 2 aromatic rings. The normalized spacial score (nSPS) is 20.9. The molecule has 3 rings (SSSR count). The fourth-order valence-electron chi connectivity index (χ4n) is 6.08. The number of benzene rings is 2. The summed E-state index contributed by atoms with van der Waals surface area (Å²) < 4.78 is 53.6. The highest BCUT2D eigenvalue weighted by Crippen LogP contribution is 2.34. The molecule has 20 heteroatoms. The van der Waals surface area contributed by atoms with Crippen molar-refractivity contribution in [2.24, 2.45) is 0 Å². The first kappa shape index (κ1) is 49.5. The highest BCUT2D eigenvalue weighted by atomic mass is 16.6. The van der Waals surface area contributed by atoms with Crippen LogP contribution >= 0.6 is 0 Å². The molecule has 1 heterocycles. The Labute approximate surface area is 355 Å². The molecule has 0 saturated carbocycles. The third-order valence-corrected chi connectivity index (χ3v) is 8.12. The maximum atomic E-state index is 13.8. The lowest BCUT2D eigenvalue weighted by Crippen LogP contribution is -2.30. The molecule has 0 radical (unpaired) electrons. The van der Waals surface area contributed by atoms with Crippen LogP contribution in [0.3, 0.4) is 0 Å². The lowest BCUT2D eigenvalue weighted by Gasteiger charge is -2.21. The van der Waals surface area contributed by atoms with Gasteiger partial charge in [-0.05, 0) is 51.0 Å². The fraction of sp³-hybridized carbons (Fsp3) is 0.476. The molecule has 0 amide bonds. The van der Waals surface area contributed by atoms with E-state index in [0.717, 1.165) is 46.8 Å². The molecule has 0 bridgehead atoms. The number of cyclic esters (lactones) is 5. The van der Waals surface area contributed by atoms with E-state index in [2.05, 4.69) is 0 Å². The van der Waals surface area contributed by atoms with E-state index in [-0.39, 0.29) is 58.1 Å². The third-order valence-electron chi connectivity index (χ3n) is 8.12. The molecule has 62 heavy (non-hydrogen) atoms. The highest BCUT2D eigenvalue weighted by Gasteiger charge is 2.31. The van der Waals surface area contributed by atoms with E-state index in [1.165, 1.54) is 39.8 Å². The van der Waals surface area contributed by atoms with Crippen molar-refractivity contribution in [2.75, 3.05) is 6.61 Å². The molecule has 0 unspecified atom stereocenters. The van der Waals surface area contributed by atoms with Crippen molar-refractivity contribution in [3.8, 4) is 23.0 Å². The van der Waals surface area contributed by atoms with Gasteiger partial charge in [0.25, 0.3) is 0 Å². The van der Waals surface area contributed by atoms with Crippen LogP contribution in [0.25, 0.3) is 0 Å². The van der Waals surface area contributed by atoms with Crippen LogP contribution in [0.1, 0.15) is 113 Å². The van der Waals surface area contributed by atoms with Crippen LogP contribution in [0, 0.1) is 0 Å². The minimum absolute atomic E-state index is 0.0236. The van der Waals surface area contributed by atoms with Crippen LogP contribution < -0.4 is 18.9 Å². The summed E-state index contributed by atoms with van der Waals surface area (Å²) in [6, 6.07) is 4.71. The van der Waals surface area contributed by atoms with Crippen molar-refractivity contribution < 1.29 is 95.3 Å². The van der Waals surface area contributed by atoms with Gasteiger partial charge in [-0.1, -0.05) is 0 Å². The minimum atomic E-state index is -1.34. The first-order chi connectivity index (χ1) is 29.0. The zero-order valence-corrected chi connectivity index (χ0v) is 35.6. The SMILES string of the molecule is CC(=O)Oc1cc2c(c(OC(C)=O)c1)C(=O)O[C@H](C)CC(=O)OC[C@@H](OC(C)=O)CC(=O)O[C@H](C)Cc1cc(OC(C)=O)cc(OC(C)=O)c1C(=O)O[C@H](C)CC(=O)O[C@H](C)C2. The van der Waals surface area contributed by atoms with Crippen LogP contribution in [0.4, 0.5) is 0 Å². The van der Waals surface area contributed by atoms with E-state index in [1.807, 2.05) is 0 Å². The summed E-state index contributed by atoms with van der Waals surface area (Å²) in [6.07, 6.45) is -8.00. The lowest BCUT2D eigenvalue weighted by atomic mass is 10.00. The van der Waals surface area contributed by atoms with Gasteiger partial charge in [-0.25, -0.2) is 9.59 Å². The van der Waals surface area contributed by atoms with Crippen molar-refractivity contribution in [1.82, 2.24) is 0 Å². The Morgan fingerprint density at radius 1 is 0.468 bits per heavy atom. The summed E-state index contributed by atoms with van der Waals surface area (Å²) in [4.78, 5) is 127. The van der Waals surface area contributed by atoms with Crippen molar-refractivity contribution >= 4 is 59.7 Å². The largest absolute Gasteiger partial charge is 0.462 e. The molecule has 0 saturated heterocycles. The molecular weight excluding hydrogens is 824 g/mol. The Morgan fingerprint density at radius 2 is 0.839 bits per heavy atom. The van der Waals surface area contributed by atoms with E-state index >= 15 is 0 Å².